The van der Waals surface area contributed by atoms with E-state index in [1.807, 2.05) is 51.1 Å². The molecule has 0 aliphatic carbocycles. The Bertz CT molecular complexity index is 603. The number of para-hydroxylation sites is 1. The van der Waals surface area contributed by atoms with Crippen LogP contribution in [-0.4, -0.2) is 11.7 Å². The molecule has 4 heteroatoms. The summed E-state index contributed by atoms with van der Waals surface area (Å²) in [7, 11) is 0. The third-order valence-corrected chi connectivity index (χ3v) is 2.93. The highest BCUT2D eigenvalue weighted by Crippen LogP contribution is 2.28. The maximum absolute atomic E-state index is 12.5. The van der Waals surface area contributed by atoms with Crippen LogP contribution < -0.4 is 4.90 Å². The van der Waals surface area contributed by atoms with Crippen molar-refractivity contribution < 1.29 is 9.53 Å². The van der Waals surface area contributed by atoms with E-state index < -0.39 is 11.7 Å². The number of anilines is 2. The molecule has 21 heavy (non-hydrogen) atoms. The van der Waals surface area contributed by atoms with Crippen LogP contribution in [0.15, 0.2) is 54.6 Å². The van der Waals surface area contributed by atoms with E-state index in [-0.39, 0.29) is 0 Å². The van der Waals surface area contributed by atoms with Crippen molar-refractivity contribution >= 4 is 29.1 Å². The molecule has 0 heterocycles. The molecule has 0 bridgehead atoms. The lowest BCUT2D eigenvalue weighted by Gasteiger charge is -2.27. The molecule has 0 spiro atoms. The van der Waals surface area contributed by atoms with Crippen LogP contribution in [-0.2, 0) is 4.74 Å². The van der Waals surface area contributed by atoms with E-state index in [1.54, 1.807) is 24.3 Å². The fourth-order valence-corrected chi connectivity index (χ4v) is 1.96. The minimum atomic E-state index is -0.559. The van der Waals surface area contributed by atoms with Crippen LogP contribution in [0.2, 0.25) is 5.02 Å². The Labute approximate surface area is 130 Å². The maximum atomic E-state index is 12.5. The molecule has 0 aromatic heterocycles. The van der Waals surface area contributed by atoms with Crippen LogP contribution in [0.4, 0.5) is 16.2 Å². The number of hydrogen-bond acceptors (Lipinski definition) is 2. The van der Waals surface area contributed by atoms with Gasteiger partial charge < -0.3 is 4.74 Å². The van der Waals surface area contributed by atoms with Crippen molar-refractivity contribution in [3.05, 3.63) is 59.6 Å². The molecule has 2 aromatic carbocycles. The summed E-state index contributed by atoms with van der Waals surface area (Å²) in [5, 5.41) is 0.621. The van der Waals surface area contributed by atoms with Crippen LogP contribution >= 0.6 is 11.6 Å². The fourth-order valence-electron chi connectivity index (χ4n) is 1.83. The van der Waals surface area contributed by atoms with Crippen LogP contribution in [0.3, 0.4) is 0 Å². The average Bonchev–Trinajstić information content (AvgIpc) is 2.40. The van der Waals surface area contributed by atoms with Gasteiger partial charge in [-0.2, -0.15) is 0 Å². The largest absolute Gasteiger partial charge is 0.443 e. The highest BCUT2D eigenvalue weighted by atomic mass is 35.5. The van der Waals surface area contributed by atoms with Gasteiger partial charge in [0.25, 0.3) is 0 Å². The number of halogens is 1. The van der Waals surface area contributed by atoms with Gasteiger partial charge in [-0.1, -0.05) is 29.8 Å². The van der Waals surface area contributed by atoms with Gasteiger partial charge in [0.1, 0.15) is 5.60 Å². The molecule has 0 fully saturated rings. The quantitative estimate of drug-likeness (QED) is 0.742. The zero-order valence-electron chi connectivity index (χ0n) is 12.3. The lowest BCUT2D eigenvalue weighted by Crippen LogP contribution is -2.33. The van der Waals surface area contributed by atoms with Crippen LogP contribution in [0.5, 0.6) is 0 Å². The summed E-state index contributed by atoms with van der Waals surface area (Å²) in [6.45, 7) is 5.53. The van der Waals surface area contributed by atoms with E-state index in [2.05, 4.69) is 0 Å². The normalized spacial score (nSPS) is 11.0. The smallest absolute Gasteiger partial charge is 0.419 e. The standard InChI is InChI=1S/C17H18ClNO2/c1-17(2,3)21-16(20)19(14-7-5-4-6-8-14)15-11-9-13(18)10-12-15/h4-12H,1-3H3. The fraction of sp³-hybridized carbons (Fsp3) is 0.235. The Kier molecular flexibility index (Phi) is 4.53. The van der Waals surface area contributed by atoms with E-state index in [0.717, 1.165) is 5.69 Å². The molecule has 0 atom stereocenters. The molecule has 2 rings (SSSR count). The van der Waals surface area contributed by atoms with Crippen LogP contribution in [0.1, 0.15) is 20.8 Å². The lowest BCUT2D eigenvalue weighted by molar-refractivity contribution is 0.0599. The first-order valence-corrected chi connectivity index (χ1v) is 7.08. The van der Waals surface area contributed by atoms with Crippen molar-refractivity contribution in [1.29, 1.82) is 0 Å². The van der Waals surface area contributed by atoms with Gasteiger partial charge in [-0.05, 0) is 57.2 Å². The zero-order chi connectivity index (χ0) is 15.5. The number of carbonyl (C=O) groups excluding carboxylic acids is 1. The first-order chi connectivity index (χ1) is 9.87. The zero-order valence-corrected chi connectivity index (χ0v) is 13.1. The second-order valence-electron chi connectivity index (χ2n) is 5.63. The number of ether oxygens (including phenoxy) is 1. The maximum Gasteiger partial charge on any atom is 0.419 e. The van der Waals surface area contributed by atoms with Gasteiger partial charge in [0.05, 0.1) is 11.4 Å². The summed E-state index contributed by atoms with van der Waals surface area (Å²) in [6, 6.07) is 16.5. The number of carbonyl (C=O) groups is 1. The second kappa shape index (κ2) is 6.19. The van der Waals surface area contributed by atoms with E-state index in [1.165, 1.54) is 4.90 Å². The molecular weight excluding hydrogens is 286 g/mol. The summed E-state index contributed by atoms with van der Waals surface area (Å²) in [4.78, 5) is 14.0. The number of nitrogens with zero attached hydrogens (tertiary/aromatic N) is 1. The topological polar surface area (TPSA) is 29.5 Å². The Morgan fingerprint density at radius 2 is 1.48 bits per heavy atom. The predicted octanol–water partition coefficient (Wildman–Crippen LogP) is 5.41. The molecule has 1 amide bonds. The van der Waals surface area contributed by atoms with Crippen molar-refractivity contribution in [3.8, 4) is 0 Å². The van der Waals surface area contributed by atoms with Gasteiger partial charge in [0.15, 0.2) is 0 Å². The summed E-state index contributed by atoms with van der Waals surface area (Å²) in [5.74, 6) is 0. The number of hydrogen-bond donors (Lipinski definition) is 0. The van der Waals surface area contributed by atoms with E-state index in [0.29, 0.717) is 10.7 Å². The monoisotopic (exact) mass is 303 g/mol. The summed E-state index contributed by atoms with van der Waals surface area (Å²) in [5.41, 5.74) is 0.894. The van der Waals surface area contributed by atoms with Crippen LogP contribution in [0, 0.1) is 0 Å². The molecule has 0 aliphatic rings. The van der Waals surface area contributed by atoms with Gasteiger partial charge in [0.2, 0.25) is 0 Å². The van der Waals surface area contributed by atoms with Gasteiger partial charge in [-0.15, -0.1) is 0 Å². The molecule has 0 aliphatic heterocycles. The van der Waals surface area contributed by atoms with Gasteiger partial charge in [-0.25, -0.2) is 9.69 Å². The molecule has 0 unspecified atom stereocenters. The first kappa shape index (κ1) is 15.4. The SMILES string of the molecule is CC(C)(C)OC(=O)N(c1ccccc1)c1ccc(Cl)cc1. The molecule has 2 aromatic rings. The van der Waals surface area contributed by atoms with Crippen molar-refractivity contribution in [1.82, 2.24) is 0 Å². The van der Waals surface area contributed by atoms with Crippen molar-refractivity contribution in [2.24, 2.45) is 0 Å². The minimum Gasteiger partial charge on any atom is -0.443 e. The highest BCUT2D eigenvalue weighted by molar-refractivity contribution is 6.30. The first-order valence-electron chi connectivity index (χ1n) is 6.70. The van der Waals surface area contributed by atoms with E-state index in [4.69, 9.17) is 16.3 Å². The minimum absolute atomic E-state index is 0.420. The van der Waals surface area contributed by atoms with Crippen LogP contribution in [0.25, 0.3) is 0 Å². The molecular formula is C17H18ClNO2. The molecule has 0 saturated heterocycles. The van der Waals surface area contributed by atoms with Crippen molar-refractivity contribution in [3.63, 3.8) is 0 Å². The molecule has 3 nitrogen and oxygen atoms in total. The number of benzene rings is 2. The summed E-state index contributed by atoms with van der Waals surface area (Å²) in [6.07, 6.45) is -0.420. The molecule has 0 N–H and O–H groups in total. The summed E-state index contributed by atoms with van der Waals surface area (Å²) < 4.78 is 5.49. The number of amides is 1. The van der Waals surface area contributed by atoms with E-state index in [9.17, 15) is 4.79 Å². The Balaban J connectivity index is 2.40. The summed E-state index contributed by atoms with van der Waals surface area (Å²) >= 11 is 5.91. The van der Waals surface area contributed by atoms with Gasteiger partial charge in [-0.3, -0.25) is 0 Å². The Hall–Kier alpha value is -2.00. The van der Waals surface area contributed by atoms with Crippen molar-refractivity contribution in [2.45, 2.75) is 26.4 Å². The number of rotatable bonds is 2. The van der Waals surface area contributed by atoms with Crippen molar-refractivity contribution in [2.75, 3.05) is 4.90 Å². The highest BCUT2D eigenvalue weighted by Gasteiger charge is 2.24. The van der Waals surface area contributed by atoms with E-state index >= 15 is 0 Å². The Morgan fingerprint density at radius 3 is 2.00 bits per heavy atom. The predicted molar refractivity (Wildman–Crippen MR) is 86.3 cm³/mol. The Morgan fingerprint density at radius 1 is 0.952 bits per heavy atom. The van der Waals surface area contributed by atoms with Gasteiger partial charge in [0, 0.05) is 5.02 Å². The second-order valence-corrected chi connectivity index (χ2v) is 6.06. The van der Waals surface area contributed by atoms with Gasteiger partial charge >= 0.3 is 6.09 Å². The molecule has 110 valence electrons. The average molecular weight is 304 g/mol. The molecule has 0 radical (unpaired) electrons. The molecule has 0 saturated carbocycles. The lowest BCUT2D eigenvalue weighted by atomic mass is 10.2. The third-order valence-electron chi connectivity index (χ3n) is 2.68. The third kappa shape index (κ3) is 4.23.